The summed E-state index contributed by atoms with van der Waals surface area (Å²) in [6, 6.07) is 0.105. The minimum Gasteiger partial charge on any atom is -0.369 e. The van der Waals surface area contributed by atoms with E-state index in [2.05, 4.69) is 15.6 Å². The SMILES string of the molecule is Cn1nnc(CNC2CCCC(C(N)=O)C2)c1C(F)F. The highest BCUT2D eigenvalue weighted by Crippen LogP contribution is 2.25. The molecule has 1 heterocycles. The van der Waals surface area contributed by atoms with Crippen LogP contribution in [0.25, 0.3) is 0 Å². The Morgan fingerprint density at radius 3 is 2.95 bits per heavy atom. The summed E-state index contributed by atoms with van der Waals surface area (Å²) in [7, 11) is 1.45. The molecular weight excluding hydrogens is 268 g/mol. The van der Waals surface area contributed by atoms with Gasteiger partial charge in [-0.2, -0.15) is 0 Å². The van der Waals surface area contributed by atoms with Crippen molar-refractivity contribution >= 4 is 5.91 Å². The van der Waals surface area contributed by atoms with E-state index in [9.17, 15) is 13.6 Å². The summed E-state index contributed by atoms with van der Waals surface area (Å²) >= 11 is 0. The number of halogens is 2. The number of hydrogen-bond donors (Lipinski definition) is 2. The third-order valence-corrected chi connectivity index (χ3v) is 3.79. The molecule has 1 aliphatic rings. The molecule has 0 saturated heterocycles. The maximum atomic E-state index is 12.9. The molecular formula is C12H19F2N5O. The van der Waals surface area contributed by atoms with Crippen molar-refractivity contribution in [3.05, 3.63) is 11.4 Å². The van der Waals surface area contributed by atoms with Crippen molar-refractivity contribution in [1.82, 2.24) is 20.3 Å². The number of primary amides is 1. The first kappa shape index (κ1) is 14.8. The highest BCUT2D eigenvalue weighted by molar-refractivity contribution is 5.76. The maximum absolute atomic E-state index is 12.9. The van der Waals surface area contributed by atoms with Gasteiger partial charge in [0.1, 0.15) is 11.4 Å². The molecule has 0 aromatic carbocycles. The highest BCUT2D eigenvalue weighted by Gasteiger charge is 2.26. The topological polar surface area (TPSA) is 85.8 Å². The van der Waals surface area contributed by atoms with Gasteiger partial charge in [0.25, 0.3) is 6.43 Å². The van der Waals surface area contributed by atoms with E-state index in [0.29, 0.717) is 6.42 Å². The lowest BCUT2D eigenvalue weighted by Crippen LogP contribution is -2.38. The number of carbonyl (C=O) groups excluding carboxylic acids is 1. The van der Waals surface area contributed by atoms with Gasteiger partial charge in [-0.15, -0.1) is 5.10 Å². The predicted molar refractivity (Wildman–Crippen MR) is 67.7 cm³/mol. The molecule has 20 heavy (non-hydrogen) atoms. The van der Waals surface area contributed by atoms with Gasteiger partial charge in [-0.1, -0.05) is 11.6 Å². The van der Waals surface area contributed by atoms with Crippen molar-refractivity contribution in [2.75, 3.05) is 0 Å². The van der Waals surface area contributed by atoms with Crippen molar-refractivity contribution in [3.8, 4) is 0 Å². The van der Waals surface area contributed by atoms with Crippen LogP contribution in [-0.4, -0.2) is 26.9 Å². The van der Waals surface area contributed by atoms with Gasteiger partial charge in [-0.05, 0) is 19.3 Å². The second-order valence-corrected chi connectivity index (χ2v) is 5.19. The number of rotatable bonds is 5. The Morgan fingerprint density at radius 2 is 2.30 bits per heavy atom. The van der Waals surface area contributed by atoms with Crippen LogP contribution >= 0.6 is 0 Å². The van der Waals surface area contributed by atoms with Crippen LogP contribution in [0.4, 0.5) is 8.78 Å². The molecule has 0 bridgehead atoms. The standard InChI is InChI=1S/C12H19F2N5O/c1-19-10(11(13)14)9(17-18-19)6-16-8-4-2-3-7(5-8)12(15)20/h7-8,11,16H,2-6H2,1H3,(H2,15,20). The van der Waals surface area contributed by atoms with E-state index in [0.717, 1.165) is 23.9 Å². The zero-order valence-corrected chi connectivity index (χ0v) is 11.4. The summed E-state index contributed by atoms with van der Waals surface area (Å²) in [5.74, 6) is -0.415. The van der Waals surface area contributed by atoms with Gasteiger partial charge in [-0.25, -0.2) is 13.5 Å². The monoisotopic (exact) mass is 287 g/mol. The van der Waals surface area contributed by atoms with Crippen LogP contribution in [0.3, 0.4) is 0 Å². The molecule has 0 radical (unpaired) electrons. The third-order valence-electron chi connectivity index (χ3n) is 3.79. The van der Waals surface area contributed by atoms with Gasteiger partial charge < -0.3 is 11.1 Å². The average molecular weight is 287 g/mol. The predicted octanol–water partition coefficient (Wildman–Crippen LogP) is 0.886. The molecule has 0 aliphatic heterocycles. The lowest BCUT2D eigenvalue weighted by atomic mass is 9.85. The molecule has 1 saturated carbocycles. The zero-order valence-electron chi connectivity index (χ0n) is 11.4. The van der Waals surface area contributed by atoms with Crippen LogP contribution in [0.2, 0.25) is 0 Å². The second-order valence-electron chi connectivity index (χ2n) is 5.19. The molecule has 6 nitrogen and oxygen atoms in total. The summed E-state index contributed by atoms with van der Waals surface area (Å²) in [5.41, 5.74) is 5.40. The molecule has 1 aromatic heterocycles. The Hall–Kier alpha value is -1.57. The van der Waals surface area contributed by atoms with E-state index < -0.39 is 6.43 Å². The molecule has 1 aliphatic carbocycles. The molecule has 1 aromatic rings. The number of aryl methyl sites for hydroxylation is 1. The fourth-order valence-corrected chi connectivity index (χ4v) is 2.67. The lowest BCUT2D eigenvalue weighted by molar-refractivity contribution is -0.122. The molecule has 1 amide bonds. The van der Waals surface area contributed by atoms with Crippen LogP contribution in [0.5, 0.6) is 0 Å². The Kier molecular flexibility index (Phi) is 4.64. The first-order valence-electron chi connectivity index (χ1n) is 6.68. The smallest absolute Gasteiger partial charge is 0.281 e. The highest BCUT2D eigenvalue weighted by atomic mass is 19.3. The van der Waals surface area contributed by atoms with Gasteiger partial charge >= 0.3 is 0 Å². The van der Waals surface area contributed by atoms with E-state index in [1.165, 1.54) is 7.05 Å². The molecule has 0 spiro atoms. The van der Waals surface area contributed by atoms with E-state index in [-0.39, 0.29) is 35.8 Å². The Bertz CT molecular complexity index is 476. The number of hydrogen-bond acceptors (Lipinski definition) is 4. The van der Waals surface area contributed by atoms with Crippen molar-refractivity contribution in [3.63, 3.8) is 0 Å². The molecule has 8 heteroatoms. The van der Waals surface area contributed by atoms with Crippen molar-refractivity contribution in [2.24, 2.45) is 18.7 Å². The maximum Gasteiger partial charge on any atom is 0.281 e. The number of carbonyl (C=O) groups is 1. The fourth-order valence-electron chi connectivity index (χ4n) is 2.67. The summed E-state index contributed by atoms with van der Waals surface area (Å²) in [4.78, 5) is 11.2. The van der Waals surface area contributed by atoms with Gasteiger partial charge in [0.15, 0.2) is 0 Å². The molecule has 112 valence electrons. The van der Waals surface area contributed by atoms with Crippen molar-refractivity contribution < 1.29 is 13.6 Å². The molecule has 3 N–H and O–H groups in total. The molecule has 2 rings (SSSR count). The van der Waals surface area contributed by atoms with Gasteiger partial charge in [-0.3, -0.25) is 4.79 Å². The van der Waals surface area contributed by atoms with Gasteiger partial charge in [0.05, 0.1) is 0 Å². The minimum absolute atomic E-state index is 0.105. The Labute approximate surface area is 115 Å². The summed E-state index contributed by atoms with van der Waals surface area (Å²) in [5, 5.41) is 10.5. The summed E-state index contributed by atoms with van der Waals surface area (Å²) in [6.45, 7) is 0.226. The van der Waals surface area contributed by atoms with Crippen LogP contribution in [-0.2, 0) is 18.4 Å². The number of nitrogens with zero attached hydrogens (tertiary/aromatic N) is 3. The van der Waals surface area contributed by atoms with E-state index in [1.807, 2.05) is 0 Å². The first-order chi connectivity index (χ1) is 9.49. The van der Waals surface area contributed by atoms with Crippen molar-refractivity contribution in [2.45, 2.75) is 44.7 Å². The summed E-state index contributed by atoms with van der Waals surface area (Å²) in [6.07, 6.45) is 0.679. The fraction of sp³-hybridized carbons (Fsp3) is 0.750. The molecule has 1 fully saturated rings. The number of nitrogens with two attached hydrogens (primary N) is 1. The van der Waals surface area contributed by atoms with Crippen LogP contribution in [0.15, 0.2) is 0 Å². The van der Waals surface area contributed by atoms with Gasteiger partial charge in [0, 0.05) is 25.6 Å². The van der Waals surface area contributed by atoms with Crippen LogP contribution < -0.4 is 11.1 Å². The van der Waals surface area contributed by atoms with Crippen LogP contribution in [0, 0.1) is 5.92 Å². The largest absolute Gasteiger partial charge is 0.369 e. The van der Waals surface area contributed by atoms with Gasteiger partial charge in [0.2, 0.25) is 5.91 Å². The first-order valence-corrected chi connectivity index (χ1v) is 6.68. The Balaban J connectivity index is 1.94. The molecule has 2 unspecified atom stereocenters. The third kappa shape index (κ3) is 3.30. The quantitative estimate of drug-likeness (QED) is 0.842. The number of amides is 1. The van der Waals surface area contributed by atoms with E-state index in [1.54, 1.807) is 0 Å². The second kappa shape index (κ2) is 6.25. The van der Waals surface area contributed by atoms with E-state index in [4.69, 9.17) is 5.73 Å². The summed E-state index contributed by atoms with van der Waals surface area (Å²) < 4.78 is 26.8. The van der Waals surface area contributed by atoms with E-state index >= 15 is 0 Å². The Morgan fingerprint density at radius 1 is 1.55 bits per heavy atom. The zero-order chi connectivity index (χ0) is 14.7. The average Bonchev–Trinajstić information content (AvgIpc) is 2.78. The molecule has 2 atom stereocenters. The van der Waals surface area contributed by atoms with Crippen LogP contribution in [0.1, 0.15) is 43.5 Å². The number of aromatic nitrogens is 3. The van der Waals surface area contributed by atoms with Crippen molar-refractivity contribution in [1.29, 1.82) is 0 Å². The number of nitrogens with one attached hydrogen (secondary N) is 1. The minimum atomic E-state index is -2.60. The normalized spacial score (nSPS) is 23.2. The number of alkyl halides is 2. The lowest BCUT2D eigenvalue weighted by Gasteiger charge is -2.27.